The van der Waals surface area contributed by atoms with Crippen LogP contribution in [0.3, 0.4) is 0 Å². The van der Waals surface area contributed by atoms with Crippen LogP contribution in [-0.4, -0.2) is 39.3 Å². The molecule has 5 nitrogen and oxygen atoms in total. The maximum absolute atomic E-state index is 5.79. The van der Waals surface area contributed by atoms with Crippen LogP contribution in [0.15, 0.2) is 41.4 Å². The molecule has 20 heavy (non-hydrogen) atoms. The number of hydrogen-bond donors (Lipinski definition) is 2. The quantitative estimate of drug-likeness (QED) is 0.353. The molecule has 1 aromatic carbocycles. The molecule has 0 saturated heterocycles. The number of anilines is 1. The summed E-state index contributed by atoms with van der Waals surface area (Å²) in [7, 11) is 1.66. The van der Waals surface area contributed by atoms with Crippen LogP contribution in [-0.2, 0) is 11.3 Å². The van der Waals surface area contributed by atoms with Crippen molar-refractivity contribution in [3.05, 3.63) is 42.0 Å². The lowest BCUT2D eigenvalue weighted by Crippen LogP contribution is -2.34. The number of hydrogen-bond acceptors (Lipinski definition) is 3. The molecular formula is C15H22N4O. The van der Waals surface area contributed by atoms with Crippen molar-refractivity contribution in [2.75, 3.05) is 38.3 Å². The van der Waals surface area contributed by atoms with Gasteiger partial charge >= 0.3 is 0 Å². The van der Waals surface area contributed by atoms with Crippen LogP contribution < -0.4 is 16.0 Å². The molecule has 0 spiro atoms. The summed E-state index contributed by atoms with van der Waals surface area (Å²) in [6.45, 7) is 3.83. The number of ether oxygens (including phenoxy) is 1. The number of rotatable bonds is 6. The highest BCUT2D eigenvalue weighted by Crippen LogP contribution is 2.18. The van der Waals surface area contributed by atoms with Crippen molar-refractivity contribution in [3.8, 4) is 0 Å². The molecule has 0 radical (unpaired) electrons. The second-order valence-electron chi connectivity index (χ2n) is 4.67. The second-order valence-corrected chi connectivity index (χ2v) is 4.67. The Balaban J connectivity index is 1.89. The van der Waals surface area contributed by atoms with Gasteiger partial charge in [0.25, 0.3) is 0 Å². The molecule has 0 saturated carbocycles. The minimum atomic E-state index is 0.454. The first-order valence-electron chi connectivity index (χ1n) is 6.81. The summed E-state index contributed by atoms with van der Waals surface area (Å²) in [5, 5.41) is 3.01. The highest BCUT2D eigenvalue weighted by atomic mass is 16.5. The fraction of sp³-hybridized carbons (Fsp3) is 0.400. The van der Waals surface area contributed by atoms with E-state index in [-0.39, 0.29) is 0 Å². The Morgan fingerprint density at radius 1 is 1.40 bits per heavy atom. The Kier molecular flexibility index (Phi) is 5.43. The molecule has 1 aliphatic heterocycles. The summed E-state index contributed by atoms with van der Waals surface area (Å²) in [5.74, 6) is 0.454. The highest BCUT2D eigenvalue weighted by Gasteiger charge is 2.07. The van der Waals surface area contributed by atoms with Crippen molar-refractivity contribution < 1.29 is 4.74 Å². The van der Waals surface area contributed by atoms with Crippen molar-refractivity contribution in [1.29, 1.82) is 0 Å². The van der Waals surface area contributed by atoms with Crippen LogP contribution in [0.5, 0.6) is 0 Å². The van der Waals surface area contributed by atoms with Crippen LogP contribution in [0.4, 0.5) is 5.69 Å². The van der Waals surface area contributed by atoms with Crippen molar-refractivity contribution in [3.63, 3.8) is 0 Å². The molecule has 0 bridgehead atoms. The van der Waals surface area contributed by atoms with E-state index in [0.717, 1.165) is 18.7 Å². The van der Waals surface area contributed by atoms with E-state index < -0.39 is 0 Å². The van der Waals surface area contributed by atoms with E-state index in [9.17, 15) is 0 Å². The number of benzene rings is 1. The van der Waals surface area contributed by atoms with Gasteiger partial charge in [0, 0.05) is 32.4 Å². The first-order chi connectivity index (χ1) is 9.79. The molecule has 1 aliphatic rings. The molecular weight excluding hydrogens is 252 g/mol. The Bertz CT molecular complexity index is 477. The lowest BCUT2D eigenvalue weighted by atomic mass is 10.2. The minimum Gasteiger partial charge on any atom is -0.383 e. The first kappa shape index (κ1) is 14.4. The average molecular weight is 274 g/mol. The molecule has 3 N–H and O–H groups in total. The summed E-state index contributed by atoms with van der Waals surface area (Å²) in [6, 6.07) is 8.42. The van der Waals surface area contributed by atoms with Gasteiger partial charge in [-0.3, -0.25) is 0 Å². The predicted molar refractivity (Wildman–Crippen MR) is 83.0 cm³/mol. The summed E-state index contributed by atoms with van der Waals surface area (Å²) < 4.78 is 4.94. The topological polar surface area (TPSA) is 62.9 Å². The Morgan fingerprint density at radius 3 is 2.95 bits per heavy atom. The van der Waals surface area contributed by atoms with Gasteiger partial charge in [0.15, 0.2) is 5.96 Å². The number of guanidine groups is 1. The summed E-state index contributed by atoms with van der Waals surface area (Å²) in [5.41, 5.74) is 8.17. The third-order valence-corrected chi connectivity index (χ3v) is 3.14. The van der Waals surface area contributed by atoms with Crippen LogP contribution in [0, 0.1) is 0 Å². The van der Waals surface area contributed by atoms with Crippen molar-refractivity contribution in [2.45, 2.75) is 6.54 Å². The lowest BCUT2D eigenvalue weighted by molar-refractivity contribution is 0.204. The van der Waals surface area contributed by atoms with E-state index in [4.69, 9.17) is 10.5 Å². The van der Waals surface area contributed by atoms with Gasteiger partial charge in [0.05, 0.1) is 13.2 Å². The maximum atomic E-state index is 5.79. The largest absolute Gasteiger partial charge is 0.383 e. The summed E-state index contributed by atoms with van der Waals surface area (Å²) in [4.78, 5) is 6.64. The normalized spacial score (nSPS) is 14.8. The van der Waals surface area contributed by atoms with Gasteiger partial charge in [-0.25, -0.2) is 4.99 Å². The van der Waals surface area contributed by atoms with E-state index in [0.29, 0.717) is 25.7 Å². The second kappa shape index (κ2) is 7.55. The SMILES string of the molecule is COCCNC(N)=NCc1cccc(N2CC=CC2)c1. The fourth-order valence-corrected chi connectivity index (χ4v) is 2.05. The van der Waals surface area contributed by atoms with Gasteiger partial charge in [-0.15, -0.1) is 0 Å². The Hall–Kier alpha value is -2.01. The van der Waals surface area contributed by atoms with E-state index in [2.05, 4.69) is 51.6 Å². The van der Waals surface area contributed by atoms with E-state index >= 15 is 0 Å². The molecule has 0 unspecified atom stereocenters. The first-order valence-corrected chi connectivity index (χ1v) is 6.81. The smallest absolute Gasteiger partial charge is 0.188 e. The van der Waals surface area contributed by atoms with Crippen molar-refractivity contribution in [2.24, 2.45) is 10.7 Å². The number of nitrogens with zero attached hydrogens (tertiary/aromatic N) is 2. The van der Waals surface area contributed by atoms with E-state index in [1.54, 1.807) is 7.11 Å². The summed E-state index contributed by atoms with van der Waals surface area (Å²) in [6.07, 6.45) is 4.37. The molecule has 108 valence electrons. The van der Waals surface area contributed by atoms with Crippen molar-refractivity contribution >= 4 is 11.6 Å². The van der Waals surface area contributed by atoms with Crippen LogP contribution in [0.2, 0.25) is 0 Å². The molecule has 0 atom stereocenters. The van der Waals surface area contributed by atoms with Crippen LogP contribution in [0.25, 0.3) is 0 Å². The number of methoxy groups -OCH3 is 1. The van der Waals surface area contributed by atoms with Gasteiger partial charge in [-0.2, -0.15) is 0 Å². The maximum Gasteiger partial charge on any atom is 0.188 e. The van der Waals surface area contributed by atoms with Gasteiger partial charge in [-0.1, -0.05) is 24.3 Å². The number of nitrogens with two attached hydrogens (primary N) is 1. The van der Waals surface area contributed by atoms with E-state index in [1.807, 2.05) is 0 Å². The summed E-state index contributed by atoms with van der Waals surface area (Å²) >= 11 is 0. The predicted octanol–water partition coefficient (Wildman–Crippen LogP) is 1.11. The molecule has 1 heterocycles. The Labute approximate surface area is 120 Å². The molecule has 2 rings (SSSR count). The van der Waals surface area contributed by atoms with E-state index in [1.165, 1.54) is 5.69 Å². The minimum absolute atomic E-state index is 0.454. The van der Waals surface area contributed by atoms with Crippen molar-refractivity contribution in [1.82, 2.24) is 5.32 Å². The Morgan fingerprint density at radius 2 is 2.20 bits per heavy atom. The molecule has 0 fully saturated rings. The molecule has 5 heteroatoms. The zero-order valence-electron chi connectivity index (χ0n) is 11.9. The zero-order chi connectivity index (χ0) is 14.2. The monoisotopic (exact) mass is 274 g/mol. The third-order valence-electron chi connectivity index (χ3n) is 3.14. The average Bonchev–Trinajstić information content (AvgIpc) is 3.00. The lowest BCUT2D eigenvalue weighted by Gasteiger charge is -2.18. The highest BCUT2D eigenvalue weighted by molar-refractivity contribution is 5.77. The van der Waals surface area contributed by atoms with Gasteiger partial charge in [0.2, 0.25) is 0 Å². The number of aliphatic imine (C=N–C) groups is 1. The fourth-order valence-electron chi connectivity index (χ4n) is 2.05. The van der Waals surface area contributed by atoms with Gasteiger partial charge in [0.1, 0.15) is 0 Å². The molecule has 0 aromatic heterocycles. The third kappa shape index (κ3) is 4.28. The molecule has 1 aromatic rings. The number of nitrogens with one attached hydrogen (secondary N) is 1. The van der Waals surface area contributed by atoms with Gasteiger partial charge in [-0.05, 0) is 17.7 Å². The standard InChI is InChI=1S/C15H22N4O/c1-20-10-7-17-15(16)18-12-13-5-4-6-14(11-13)19-8-2-3-9-19/h2-6,11H,7-10,12H2,1H3,(H3,16,17,18). The van der Waals surface area contributed by atoms with Crippen LogP contribution >= 0.6 is 0 Å². The van der Waals surface area contributed by atoms with Crippen LogP contribution in [0.1, 0.15) is 5.56 Å². The molecule has 0 amide bonds. The molecule has 0 aliphatic carbocycles. The van der Waals surface area contributed by atoms with Gasteiger partial charge < -0.3 is 20.7 Å². The zero-order valence-corrected chi connectivity index (χ0v) is 11.9.